The van der Waals surface area contributed by atoms with E-state index in [1.165, 1.54) is 19.3 Å². The molecule has 134 valence electrons. The van der Waals surface area contributed by atoms with E-state index in [9.17, 15) is 4.79 Å². The average Bonchev–Trinajstić information content (AvgIpc) is 3.04. The number of carbonyl (C=O) groups excluding carboxylic acids is 1. The molecule has 1 aliphatic carbocycles. The molecule has 6 nitrogen and oxygen atoms in total. The summed E-state index contributed by atoms with van der Waals surface area (Å²) >= 11 is 0. The summed E-state index contributed by atoms with van der Waals surface area (Å²) in [5.41, 5.74) is 2.77. The number of morpholine rings is 1. The Hall–Kier alpha value is -1.92. The normalized spacial score (nSPS) is 20.0. The van der Waals surface area contributed by atoms with E-state index >= 15 is 0 Å². The highest BCUT2D eigenvalue weighted by Gasteiger charge is 2.21. The van der Waals surface area contributed by atoms with E-state index in [-0.39, 0.29) is 11.8 Å². The Morgan fingerprint density at radius 1 is 1.24 bits per heavy atom. The Labute approximate surface area is 147 Å². The van der Waals surface area contributed by atoms with Crippen LogP contribution < -0.4 is 5.32 Å². The smallest absolute Gasteiger partial charge is 0.227 e. The zero-order chi connectivity index (χ0) is 17.1. The van der Waals surface area contributed by atoms with Crippen LogP contribution in [0.15, 0.2) is 18.2 Å². The number of hydrogen-bond donors (Lipinski definition) is 2. The minimum Gasteiger partial charge on any atom is -0.379 e. The number of amides is 1. The van der Waals surface area contributed by atoms with Gasteiger partial charge in [0.25, 0.3) is 0 Å². The molecule has 1 saturated carbocycles. The highest BCUT2D eigenvalue weighted by molar-refractivity contribution is 5.94. The van der Waals surface area contributed by atoms with Crippen molar-refractivity contribution in [2.24, 2.45) is 5.92 Å². The second kappa shape index (κ2) is 7.54. The Morgan fingerprint density at radius 2 is 2.04 bits per heavy atom. The van der Waals surface area contributed by atoms with Crippen LogP contribution in [0.3, 0.4) is 0 Å². The number of aromatic amines is 1. The lowest BCUT2D eigenvalue weighted by molar-refractivity contribution is -0.120. The van der Waals surface area contributed by atoms with Gasteiger partial charge in [0, 0.05) is 24.7 Å². The molecule has 0 bridgehead atoms. The lowest BCUT2D eigenvalue weighted by Gasteiger charge is -2.25. The van der Waals surface area contributed by atoms with Crippen molar-refractivity contribution in [3.63, 3.8) is 0 Å². The van der Waals surface area contributed by atoms with E-state index in [0.29, 0.717) is 0 Å². The van der Waals surface area contributed by atoms with Gasteiger partial charge in [-0.05, 0) is 31.0 Å². The van der Waals surface area contributed by atoms with Crippen molar-refractivity contribution in [1.29, 1.82) is 0 Å². The molecular formula is C19H26N4O2. The third-order valence-electron chi connectivity index (χ3n) is 5.25. The topological polar surface area (TPSA) is 70.2 Å². The van der Waals surface area contributed by atoms with Gasteiger partial charge in [0.2, 0.25) is 5.91 Å². The molecule has 0 atom stereocenters. The molecule has 1 aromatic heterocycles. The van der Waals surface area contributed by atoms with Crippen molar-refractivity contribution >= 4 is 22.6 Å². The highest BCUT2D eigenvalue weighted by atomic mass is 16.5. The summed E-state index contributed by atoms with van der Waals surface area (Å²) in [5.74, 6) is 1.29. The van der Waals surface area contributed by atoms with Gasteiger partial charge in [-0.1, -0.05) is 19.3 Å². The fourth-order valence-electron chi connectivity index (χ4n) is 3.80. The van der Waals surface area contributed by atoms with Gasteiger partial charge in [0.05, 0.1) is 30.8 Å². The first-order valence-electron chi connectivity index (χ1n) is 9.37. The first-order valence-corrected chi connectivity index (χ1v) is 9.37. The predicted octanol–water partition coefficient (Wildman–Crippen LogP) is 2.91. The molecule has 2 heterocycles. The maximum Gasteiger partial charge on any atom is 0.227 e. The second-order valence-electron chi connectivity index (χ2n) is 7.13. The van der Waals surface area contributed by atoms with Crippen LogP contribution in [-0.4, -0.2) is 47.1 Å². The lowest BCUT2D eigenvalue weighted by Crippen LogP contribution is -2.35. The number of imidazole rings is 1. The standard InChI is InChI=1S/C19H26N4O2/c24-19(14-4-2-1-3-5-14)20-15-6-7-16-17(12-15)22-18(21-16)13-23-8-10-25-11-9-23/h6-7,12,14H,1-5,8-11,13H2,(H,20,24)(H,21,22). The number of ether oxygens (including phenoxy) is 1. The number of H-pyrrole nitrogens is 1. The molecule has 1 aromatic carbocycles. The van der Waals surface area contributed by atoms with Crippen molar-refractivity contribution in [2.75, 3.05) is 31.6 Å². The number of hydrogen-bond acceptors (Lipinski definition) is 4. The van der Waals surface area contributed by atoms with Crippen LogP contribution in [0.5, 0.6) is 0 Å². The Bertz CT molecular complexity index is 730. The van der Waals surface area contributed by atoms with E-state index in [1.807, 2.05) is 18.2 Å². The van der Waals surface area contributed by atoms with Crippen molar-refractivity contribution in [1.82, 2.24) is 14.9 Å². The first kappa shape index (κ1) is 16.5. The van der Waals surface area contributed by atoms with E-state index in [0.717, 1.165) is 68.2 Å². The molecule has 1 aliphatic heterocycles. The van der Waals surface area contributed by atoms with E-state index in [2.05, 4.69) is 20.2 Å². The monoisotopic (exact) mass is 342 g/mol. The molecule has 6 heteroatoms. The van der Waals surface area contributed by atoms with Crippen molar-refractivity contribution in [3.05, 3.63) is 24.0 Å². The summed E-state index contributed by atoms with van der Waals surface area (Å²) in [7, 11) is 0. The molecule has 2 fully saturated rings. The fraction of sp³-hybridized carbons (Fsp3) is 0.579. The minimum atomic E-state index is 0.159. The van der Waals surface area contributed by atoms with Gasteiger partial charge in [-0.3, -0.25) is 9.69 Å². The van der Waals surface area contributed by atoms with Gasteiger partial charge in [-0.25, -0.2) is 4.98 Å². The van der Waals surface area contributed by atoms with Crippen molar-refractivity contribution < 1.29 is 9.53 Å². The van der Waals surface area contributed by atoms with E-state index in [1.54, 1.807) is 0 Å². The highest BCUT2D eigenvalue weighted by Crippen LogP contribution is 2.25. The summed E-state index contributed by atoms with van der Waals surface area (Å²) in [5, 5.41) is 3.08. The molecule has 0 spiro atoms. The molecule has 0 unspecified atom stereocenters. The van der Waals surface area contributed by atoms with E-state index < -0.39 is 0 Å². The van der Waals surface area contributed by atoms with Crippen LogP contribution in [0.1, 0.15) is 37.9 Å². The minimum absolute atomic E-state index is 0.159. The summed E-state index contributed by atoms with van der Waals surface area (Å²) < 4.78 is 5.39. The maximum atomic E-state index is 12.4. The van der Waals surface area contributed by atoms with Crippen molar-refractivity contribution in [2.45, 2.75) is 38.6 Å². The van der Waals surface area contributed by atoms with Crippen LogP contribution >= 0.6 is 0 Å². The summed E-state index contributed by atoms with van der Waals surface area (Å²) in [6.07, 6.45) is 5.63. The number of rotatable bonds is 4. The van der Waals surface area contributed by atoms with Gasteiger partial charge < -0.3 is 15.0 Å². The maximum absolute atomic E-state index is 12.4. The zero-order valence-corrected chi connectivity index (χ0v) is 14.6. The number of nitrogens with zero attached hydrogens (tertiary/aromatic N) is 2. The number of aromatic nitrogens is 2. The van der Waals surface area contributed by atoms with E-state index in [4.69, 9.17) is 4.74 Å². The quantitative estimate of drug-likeness (QED) is 0.896. The lowest BCUT2D eigenvalue weighted by atomic mass is 9.88. The molecule has 2 aliphatic rings. The Balaban J connectivity index is 1.43. The predicted molar refractivity (Wildman–Crippen MR) is 97.4 cm³/mol. The Morgan fingerprint density at radius 3 is 2.84 bits per heavy atom. The van der Waals surface area contributed by atoms with Crippen molar-refractivity contribution in [3.8, 4) is 0 Å². The molecular weight excluding hydrogens is 316 g/mol. The van der Waals surface area contributed by atoms with Crippen LogP contribution in [0.2, 0.25) is 0 Å². The third kappa shape index (κ3) is 4.02. The molecule has 2 aromatic rings. The number of fused-ring (bicyclic) bond motifs is 1. The third-order valence-corrected chi connectivity index (χ3v) is 5.25. The first-order chi connectivity index (χ1) is 12.3. The van der Waals surface area contributed by atoms with Gasteiger partial charge in [0.1, 0.15) is 5.82 Å². The van der Waals surface area contributed by atoms with Crippen LogP contribution in [0, 0.1) is 5.92 Å². The van der Waals surface area contributed by atoms with Gasteiger partial charge in [0.15, 0.2) is 0 Å². The average molecular weight is 342 g/mol. The van der Waals surface area contributed by atoms with Crippen LogP contribution in [-0.2, 0) is 16.1 Å². The molecule has 25 heavy (non-hydrogen) atoms. The summed E-state index contributed by atoms with van der Waals surface area (Å²) in [6.45, 7) is 4.27. The molecule has 1 saturated heterocycles. The van der Waals surface area contributed by atoms with Gasteiger partial charge >= 0.3 is 0 Å². The molecule has 0 radical (unpaired) electrons. The molecule has 1 amide bonds. The summed E-state index contributed by atoms with van der Waals surface area (Å²) in [6, 6.07) is 5.92. The molecule has 2 N–H and O–H groups in total. The van der Waals surface area contributed by atoms with Gasteiger partial charge in [-0.15, -0.1) is 0 Å². The zero-order valence-electron chi connectivity index (χ0n) is 14.6. The van der Waals surface area contributed by atoms with Crippen LogP contribution in [0.4, 0.5) is 5.69 Å². The number of anilines is 1. The second-order valence-corrected chi connectivity index (χ2v) is 7.13. The number of benzene rings is 1. The largest absolute Gasteiger partial charge is 0.379 e. The summed E-state index contributed by atoms with van der Waals surface area (Å²) in [4.78, 5) is 22.8. The van der Waals surface area contributed by atoms with Crippen LogP contribution in [0.25, 0.3) is 11.0 Å². The number of nitrogens with one attached hydrogen (secondary N) is 2. The SMILES string of the molecule is O=C(Nc1ccc2nc(CN3CCOCC3)[nH]c2c1)C1CCCCC1. The Kier molecular flexibility index (Phi) is 4.99. The van der Waals surface area contributed by atoms with Gasteiger partial charge in [-0.2, -0.15) is 0 Å². The fourth-order valence-corrected chi connectivity index (χ4v) is 3.80. The number of carbonyl (C=O) groups is 1. The molecule has 4 rings (SSSR count).